The van der Waals surface area contributed by atoms with Gasteiger partial charge in [0, 0.05) is 24.9 Å². The maximum Gasteiger partial charge on any atom is 0.342 e. The molecule has 0 spiro atoms. The Balaban J connectivity index is 1.85. The number of anilines is 1. The van der Waals surface area contributed by atoms with Crippen molar-refractivity contribution in [1.29, 1.82) is 0 Å². The van der Waals surface area contributed by atoms with E-state index in [-0.39, 0.29) is 17.9 Å². The van der Waals surface area contributed by atoms with E-state index in [0.29, 0.717) is 17.2 Å². The van der Waals surface area contributed by atoms with Gasteiger partial charge in [0.05, 0.1) is 20.8 Å². The molecule has 154 valence electrons. The van der Waals surface area contributed by atoms with E-state index < -0.39 is 24.4 Å². The Morgan fingerprint density at radius 1 is 1.03 bits per heavy atom. The van der Waals surface area contributed by atoms with Crippen LogP contribution in [0, 0.1) is 0 Å². The number of likely N-dealkylation sites (N-methyl/N-ethyl adjacent to an activating group) is 1. The summed E-state index contributed by atoms with van der Waals surface area (Å²) in [7, 11) is 4.35. The molecule has 9 heteroatoms. The predicted octanol–water partition coefficient (Wildman–Crippen LogP) is 1.66. The van der Waals surface area contributed by atoms with Crippen molar-refractivity contribution in [3.8, 4) is 17.2 Å². The predicted molar refractivity (Wildman–Crippen MR) is 104 cm³/mol. The Morgan fingerprint density at radius 3 is 2.38 bits per heavy atom. The number of amides is 2. The van der Waals surface area contributed by atoms with Crippen LogP contribution in [0.4, 0.5) is 5.69 Å². The molecular formula is C20H22N2O7. The van der Waals surface area contributed by atoms with E-state index in [9.17, 15) is 19.5 Å². The molecule has 2 rings (SSSR count). The maximum absolute atomic E-state index is 12.1. The van der Waals surface area contributed by atoms with Gasteiger partial charge < -0.3 is 29.5 Å². The quantitative estimate of drug-likeness (QED) is 0.646. The summed E-state index contributed by atoms with van der Waals surface area (Å²) in [5.74, 6) is -1.24. The Labute approximate surface area is 167 Å². The van der Waals surface area contributed by atoms with Gasteiger partial charge in [0.2, 0.25) is 5.91 Å². The van der Waals surface area contributed by atoms with Gasteiger partial charge >= 0.3 is 5.97 Å². The lowest BCUT2D eigenvalue weighted by Gasteiger charge is -2.17. The number of phenolic OH excluding ortho intramolecular Hbond substituents is 1. The number of aromatic hydroxyl groups is 1. The molecular weight excluding hydrogens is 380 g/mol. The van der Waals surface area contributed by atoms with Crippen LogP contribution in [0.2, 0.25) is 0 Å². The lowest BCUT2D eigenvalue weighted by Crippen LogP contribution is -2.37. The van der Waals surface area contributed by atoms with Gasteiger partial charge in [-0.15, -0.1) is 0 Å². The van der Waals surface area contributed by atoms with Gasteiger partial charge in [-0.05, 0) is 24.3 Å². The number of carbonyl (C=O) groups is 3. The van der Waals surface area contributed by atoms with E-state index in [2.05, 4.69) is 5.32 Å². The fourth-order valence-electron chi connectivity index (χ4n) is 2.33. The first kappa shape index (κ1) is 21.5. The van der Waals surface area contributed by atoms with Crippen molar-refractivity contribution in [2.45, 2.75) is 0 Å². The summed E-state index contributed by atoms with van der Waals surface area (Å²) in [6, 6.07) is 10.8. The van der Waals surface area contributed by atoms with Crippen molar-refractivity contribution in [3.63, 3.8) is 0 Å². The molecule has 0 heterocycles. The van der Waals surface area contributed by atoms with Crippen molar-refractivity contribution in [2.75, 3.05) is 39.7 Å². The van der Waals surface area contributed by atoms with Gasteiger partial charge in [-0.25, -0.2) is 4.79 Å². The van der Waals surface area contributed by atoms with E-state index in [1.165, 1.54) is 39.5 Å². The zero-order valence-corrected chi connectivity index (χ0v) is 16.3. The third-order valence-electron chi connectivity index (χ3n) is 3.91. The van der Waals surface area contributed by atoms with Crippen molar-refractivity contribution < 1.29 is 33.7 Å². The first-order valence-corrected chi connectivity index (χ1v) is 8.56. The molecule has 0 fully saturated rings. The maximum atomic E-state index is 12.1. The summed E-state index contributed by atoms with van der Waals surface area (Å²) in [5, 5.41) is 12.5. The molecule has 0 aliphatic heterocycles. The number of hydrogen-bond donors (Lipinski definition) is 2. The summed E-state index contributed by atoms with van der Waals surface area (Å²) in [6.07, 6.45) is 0. The molecule has 2 N–H and O–H groups in total. The third kappa shape index (κ3) is 6.13. The van der Waals surface area contributed by atoms with E-state index >= 15 is 0 Å². The molecule has 2 aromatic rings. The highest BCUT2D eigenvalue weighted by Gasteiger charge is 2.18. The SMILES string of the molecule is COc1cccc(NC(=O)CN(C)C(=O)COC(=O)c2ccc(OC)cc2O)c1. The van der Waals surface area contributed by atoms with Crippen LogP contribution in [0.25, 0.3) is 0 Å². The Kier molecular flexibility index (Phi) is 7.41. The minimum absolute atomic E-state index is 0.1000. The number of ether oxygens (including phenoxy) is 3. The van der Waals surface area contributed by atoms with Crippen molar-refractivity contribution >= 4 is 23.5 Å². The van der Waals surface area contributed by atoms with Gasteiger partial charge in [0.25, 0.3) is 5.91 Å². The molecule has 0 unspecified atom stereocenters. The zero-order valence-electron chi connectivity index (χ0n) is 16.3. The Bertz CT molecular complexity index is 898. The molecule has 29 heavy (non-hydrogen) atoms. The van der Waals surface area contributed by atoms with Crippen LogP contribution < -0.4 is 14.8 Å². The van der Waals surface area contributed by atoms with Crippen LogP contribution in [0.1, 0.15) is 10.4 Å². The third-order valence-corrected chi connectivity index (χ3v) is 3.91. The summed E-state index contributed by atoms with van der Waals surface area (Å²) < 4.78 is 14.9. The molecule has 0 radical (unpaired) electrons. The van der Waals surface area contributed by atoms with E-state index in [4.69, 9.17) is 14.2 Å². The van der Waals surface area contributed by atoms with E-state index in [0.717, 1.165) is 4.90 Å². The number of nitrogens with one attached hydrogen (secondary N) is 1. The smallest absolute Gasteiger partial charge is 0.342 e. The molecule has 0 bridgehead atoms. The number of nitrogens with zero attached hydrogens (tertiary/aromatic N) is 1. The number of carbonyl (C=O) groups excluding carboxylic acids is 3. The van der Waals surface area contributed by atoms with Crippen LogP contribution in [0.3, 0.4) is 0 Å². The van der Waals surface area contributed by atoms with Gasteiger partial charge in [0.15, 0.2) is 6.61 Å². The van der Waals surface area contributed by atoms with Gasteiger partial charge in [-0.2, -0.15) is 0 Å². The fourth-order valence-corrected chi connectivity index (χ4v) is 2.33. The highest BCUT2D eigenvalue weighted by atomic mass is 16.5. The molecule has 0 atom stereocenters. The van der Waals surface area contributed by atoms with E-state index in [1.54, 1.807) is 24.3 Å². The first-order chi connectivity index (χ1) is 13.8. The minimum atomic E-state index is -0.868. The molecule has 2 amide bonds. The average molecular weight is 402 g/mol. The molecule has 0 aliphatic rings. The molecule has 9 nitrogen and oxygen atoms in total. The Morgan fingerprint density at radius 2 is 1.72 bits per heavy atom. The summed E-state index contributed by atoms with van der Waals surface area (Å²) in [5.41, 5.74) is 0.425. The van der Waals surface area contributed by atoms with Crippen molar-refractivity contribution in [1.82, 2.24) is 4.90 Å². The molecule has 2 aromatic carbocycles. The molecule has 0 saturated carbocycles. The van der Waals surface area contributed by atoms with Gasteiger partial charge in [-0.3, -0.25) is 9.59 Å². The lowest BCUT2D eigenvalue weighted by molar-refractivity contribution is -0.136. The monoisotopic (exact) mass is 402 g/mol. The number of rotatable bonds is 8. The minimum Gasteiger partial charge on any atom is -0.507 e. The number of esters is 1. The van der Waals surface area contributed by atoms with E-state index in [1.807, 2.05) is 0 Å². The molecule has 0 aliphatic carbocycles. The van der Waals surface area contributed by atoms with Crippen LogP contribution in [0.5, 0.6) is 17.2 Å². The van der Waals surface area contributed by atoms with Crippen LogP contribution >= 0.6 is 0 Å². The summed E-state index contributed by atoms with van der Waals surface area (Å²) in [6.45, 7) is -0.811. The van der Waals surface area contributed by atoms with Gasteiger partial charge in [0.1, 0.15) is 22.8 Å². The molecule has 0 saturated heterocycles. The topological polar surface area (TPSA) is 114 Å². The first-order valence-electron chi connectivity index (χ1n) is 8.56. The van der Waals surface area contributed by atoms with Crippen LogP contribution in [-0.4, -0.2) is 62.2 Å². The van der Waals surface area contributed by atoms with Crippen LogP contribution in [-0.2, 0) is 14.3 Å². The van der Waals surface area contributed by atoms with Gasteiger partial charge in [-0.1, -0.05) is 6.07 Å². The second-order valence-electron chi connectivity index (χ2n) is 5.99. The normalized spacial score (nSPS) is 10.0. The van der Waals surface area contributed by atoms with Crippen molar-refractivity contribution in [2.24, 2.45) is 0 Å². The number of benzene rings is 2. The second kappa shape index (κ2) is 9.98. The van der Waals surface area contributed by atoms with Crippen LogP contribution in [0.15, 0.2) is 42.5 Å². The summed E-state index contributed by atoms with van der Waals surface area (Å²) in [4.78, 5) is 37.4. The molecule has 0 aromatic heterocycles. The summed E-state index contributed by atoms with van der Waals surface area (Å²) >= 11 is 0. The fraction of sp³-hybridized carbons (Fsp3) is 0.250. The second-order valence-corrected chi connectivity index (χ2v) is 5.99. The zero-order chi connectivity index (χ0) is 21.4. The lowest BCUT2D eigenvalue weighted by atomic mass is 10.2. The largest absolute Gasteiger partial charge is 0.507 e. The number of hydrogen-bond acceptors (Lipinski definition) is 7. The average Bonchev–Trinajstić information content (AvgIpc) is 2.71. The number of methoxy groups -OCH3 is 2. The van der Waals surface area contributed by atoms with Crippen molar-refractivity contribution in [3.05, 3.63) is 48.0 Å². The number of phenols is 1. The highest BCUT2D eigenvalue weighted by molar-refractivity contribution is 5.96. The highest BCUT2D eigenvalue weighted by Crippen LogP contribution is 2.24. The standard InChI is InChI=1S/C20H22N2O7/c1-22(11-18(24)21-13-5-4-6-14(9-13)27-2)19(25)12-29-20(26)16-8-7-15(28-3)10-17(16)23/h4-10,23H,11-12H2,1-3H3,(H,21,24). The Hall–Kier alpha value is -3.75.